The highest BCUT2D eigenvalue weighted by Gasteiger charge is 2.14. The molecule has 0 saturated carbocycles. The molecule has 0 radical (unpaired) electrons. The Balaban J connectivity index is 1.94. The Morgan fingerprint density at radius 2 is 1.56 bits per heavy atom. The molecule has 0 fully saturated rings. The Labute approximate surface area is 155 Å². The zero-order valence-corrected chi connectivity index (χ0v) is 14.9. The van der Waals surface area contributed by atoms with Gasteiger partial charge in [0, 0.05) is 30.6 Å². The normalized spacial score (nSPS) is 11.0. The largest absolute Gasteiger partial charge is 0.362 e. The molecule has 4 rings (SSSR count). The van der Waals surface area contributed by atoms with Crippen LogP contribution >= 0.6 is 0 Å². The summed E-state index contributed by atoms with van der Waals surface area (Å²) in [4.78, 5) is 11.2. The van der Waals surface area contributed by atoms with E-state index in [4.69, 9.17) is 4.98 Å². The molecule has 0 N–H and O–H groups in total. The van der Waals surface area contributed by atoms with E-state index in [1.807, 2.05) is 55.4 Å². The summed E-state index contributed by atoms with van der Waals surface area (Å²) < 4.78 is 27.8. The minimum absolute atomic E-state index is 0.216. The first-order valence-corrected chi connectivity index (χ1v) is 8.53. The highest BCUT2D eigenvalue weighted by molar-refractivity contribution is 5.94. The molecule has 5 heteroatoms. The number of fused-ring (bicyclic) bond motifs is 1. The second-order valence-corrected chi connectivity index (χ2v) is 6.46. The molecule has 4 aromatic rings. The Kier molecular flexibility index (Phi) is 4.28. The van der Waals surface area contributed by atoms with Crippen LogP contribution in [-0.4, -0.2) is 24.1 Å². The molecule has 0 atom stereocenters. The van der Waals surface area contributed by atoms with Crippen molar-refractivity contribution in [3.8, 4) is 22.5 Å². The SMILES string of the molecule is CN(C)c1nc(-c2ccccc2)nc2ccc(-c3cccc(F)c3F)cc12. The number of hydrogen-bond donors (Lipinski definition) is 0. The Morgan fingerprint density at radius 1 is 0.778 bits per heavy atom. The van der Waals surface area contributed by atoms with E-state index < -0.39 is 11.6 Å². The summed E-state index contributed by atoms with van der Waals surface area (Å²) in [6, 6.07) is 19.3. The fourth-order valence-corrected chi connectivity index (χ4v) is 3.06. The molecule has 1 heterocycles. The number of hydrogen-bond acceptors (Lipinski definition) is 3. The van der Waals surface area contributed by atoms with Gasteiger partial charge in [0.1, 0.15) is 5.82 Å². The van der Waals surface area contributed by atoms with Gasteiger partial charge in [-0.15, -0.1) is 0 Å². The lowest BCUT2D eigenvalue weighted by molar-refractivity contribution is 0.511. The summed E-state index contributed by atoms with van der Waals surface area (Å²) in [6.07, 6.45) is 0. The molecule has 3 aromatic carbocycles. The van der Waals surface area contributed by atoms with E-state index >= 15 is 0 Å². The molecule has 3 nitrogen and oxygen atoms in total. The van der Waals surface area contributed by atoms with E-state index in [1.165, 1.54) is 6.07 Å². The molecule has 0 saturated heterocycles. The second kappa shape index (κ2) is 6.76. The van der Waals surface area contributed by atoms with Gasteiger partial charge in [-0.1, -0.05) is 48.5 Å². The van der Waals surface area contributed by atoms with Crippen LogP contribution in [0.15, 0.2) is 66.7 Å². The third-order valence-corrected chi connectivity index (χ3v) is 4.39. The number of nitrogens with zero attached hydrogens (tertiary/aromatic N) is 3. The van der Waals surface area contributed by atoms with E-state index in [2.05, 4.69) is 4.98 Å². The van der Waals surface area contributed by atoms with Gasteiger partial charge in [-0.25, -0.2) is 18.7 Å². The minimum Gasteiger partial charge on any atom is -0.362 e. The van der Waals surface area contributed by atoms with E-state index in [1.54, 1.807) is 18.2 Å². The molecular formula is C22H17F2N3. The summed E-state index contributed by atoms with van der Waals surface area (Å²) in [7, 11) is 3.79. The highest BCUT2D eigenvalue weighted by Crippen LogP contribution is 2.32. The smallest absolute Gasteiger partial charge is 0.166 e. The van der Waals surface area contributed by atoms with Crippen LogP contribution in [0, 0.1) is 11.6 Å². The van der Waals surface area contributed by atoms with Gasteiger partial charge in [0.25, 0.3) is 0 Å². The summed E-state index contributed by atoms with van der Waals surface area (Å²) >= 11 is 0. The van der Waals surface area contributed by atoms with Crippen molar-refractivity contribution in [3.05, 3.63) is 78.4 Å². The molecule has 1 aromatic heterocycles. The van der Waals surface area contributed by atoms with Gasteiger partial charge in [-0.3, -0.25) is 0 Å². The maximum atomic E-state index is 14.2. The van der Waals surface area contributed by atoms with Crippen molar-refractivity contribution in [3.63, 3.8) is 0 Å². The zero-order chi connectivity index (χ0) is 19.0. The first-order chi connectivity index (χ1) is 13.0. The fourth-order valence-electron chi connectivity index (χ4n) is 3.06. The topological polar surface area (TPSA) is 29.0 Å². The molecule has 0 spiro atoms. The molecule has 27 heavy (non-hydrogen) atoms. The number of anilines is 1. The van der Waals surface area contributed by atoms with Crippen LogP contribution in [0.2, 0.25) is 0 Å². The predicted octanol–water partition coefficient (Wildman–Crippen LogP) is 5.31. The van der Waals surface area contributed by atoms with Gasteiger partial charge >= 0.3 is 0 Å². The number of halogens is 2. The van der Waals surface area contributed by atoms with Crippen molar-refractivity contribution in [2.75, 3.05) is 19.0 Å². The van der Waals surface area contributed by atoms with E-state index in [0.29, 0.717) is 11.4 Å². The lowest BCUT2D eigenvalue weighted by atomic mass is 10.0. The van der Waals surface area contributed by atoms with Gasteiger partial charge in [0.05, 0.1) is 5.52 Å². The van der Waals surface area contributed by atoms with Crippen molar-refractivity contribution < 1.29 is 8.78 Å². The van der Waals surface area contributed by atoms with Gasteiger partial charge in [-0.2, -0.15) is 0 Å². The third-order valence-electron chi connectivity index (χ3n) is 4.39. The average molecular weight is 361 g/mol. The average Bonchev–Trinajstić information content (AvgIpc) is 2.69. The molecule has 0 unspecified atom stereocenters. The maximum absolute atomic E-state index is 14.2. The lowest BCUT2D eigenvalue weighted by Crippen LogP contribution is -2.12. The van der Waals surface area contributed by atoms with E-state index in [0.717, 1.165) is 28.4 Å². The number of aromatic nitrogens is 2. The van der Waals surface area contributed by atoms with Crippen molar-refractivity contribution in [2.45, 2.75) is 0 Å². The van der Waals surface area contributed by atoms with Crippen molar-refractivity contribution in [1.82, 2.24) is 9.97 Å². The highest BCUT2D eigenvalue weighted by atomic mass is 19.2. The maximum Gasteiger partial charge on any atom is 0.166 e. The van der Waals surface area contributed by atoms with Crippen LogP contribution in [0.3, 0.4) is 0 Å². The fraction of sp³-hybridized carbons (Fsp3) is 0.0909. The predicted molar refractivity (Wildman–Crippen MR) is 105 cm³/mol. The Morgan fingerprint density at radius 3 is 2.30 bits per heavy atom. The molecule has 0 amide bonds. The van der Waals surface area contributed by atoms with Crippen molar-refractivity contribution >= 4 is 16.7 Å². The van der Waals surface area contributed by atoms with Gasteiger partial charge < -0.3 is 4.90 Å². The minimum atomic E-state index is -0.865. The molecule has 0 bridgehead atoms. The van der Waals surface area contributed by atoms with Crippen LogP contribution in [0.1, 0.15) is 0 Å². The molecule has 134 valence electrons. The summed E-state index contributed by atoms with van der Waals surface area (Å²) in [6.45, 7) is 0. The first-order valence-electron chi connectivity index (χ1n) is 8.53. The van der Waals surface area contributed by atoms with Crippen LogP contribution in [0.25, 0.3) is 33.4 Å². The lowest BCUT2D eigenvalue weighted by Gasteiger charge is -2.16. The quantitative estimate of drug-likeness (QED) is 0.495. The van der Waals surface area contributed by atoms with Crippen LogP contribution in [-0.2, 0) is 0 Å². The third kappa shape index (κ3) is 3.12. The zero-order valence-electron chi connectivity index (χ0n) is 14.9. The second-order valence-electron chi connectivity index (χ2n) is 6.46. The summed E-state index contributed by atoms with van der Waals surface area (Å²) in [5, 5.41) is 0.779. The van der Waals surface area contributed by atoms with Gasteiger partial charge in [-0.05, 0) is 23.8 Å². The Hall–Kier alpha value is -3.34. The van der Waals surface area contributed by atoms with Crippen LogP contribution in [0.4, 0.5) is 14.6 Å². The summed E-state index contributed by atoms with van der Waals surface area (Å²) in [5.74, 6) is -0.379. The molecular weight excluding hydrogens is 344 g/mol. The van der Waals surface area contributed by atoms with Crippen molar-refractivity contribution in [1.29, 1.82) is 0 Å². The van der Waals surface area contributed by atoms with Crippen molar-refractivity contribution in [2.24, 2.45) is 0 Å². The molecule has 0 aliphatic carbocycles. The standard InChI is InChI=1S/C22H17F2N3/c1-27(2)22-17-13-15(16-9-6-10-18(23)20(16)24)11-12-19(17)25-21(26-22)14-7-4-3-5-8-14/h3-13H,1-2H3. The molecule has 0 aliphatic heterocycles. The van der Waals surface area contributed by atoms with Crippen LogP contribution in [0.5, 0.6) is 0 Å². The van der Waals surface area contributed by atoms with Crippen LogP contribution < -0.4 is 4.90 Å². The van der Waals surface area contributed by atoms with Gasteiger partial charge in [0.15, 0.2) is 17.5 Å². The number of rotatable bonds is 3. The number of benzene rings is 3. The van der Waals surface area contributed by atoms with E-state index in [-0.39, 0.29) is 5.56 Å². The van der Waals surface area contributed by atoms with E-state index in [9.17, 15) is 8.78 Å². The van der Waals surface area contributed by atoms with Gasteiger partial charge in [0.2, 0.25) is 0 Å². The summed E-state index contributed by atoms with van der Waals surface area (Å²) in [5.41, 5.74) is 2.46. The monoisotopic (exact) mass is 361 g/mol. The Bertz CT molecular complexity index is 1130. The first kappa shape index (κ1) is 17.1. The molecule has 0 aliphatic rings.